The monoisotopic (exact) mass is 341 g/mol. The number of hydrogen-bond acceptors (Lipinski definition) is 6. The van der Waals surface area contributed by atoms with Crippen molar-refractivity contribution in [1.29, 1.82) is 0 Å². The fourth-order valence-electron chi connectivity index (χ4n) is 2.72. The van der Waals surface area contributed by atoms with Crippen molar-refractivity contribution in [2.75, 3.05) is 31.2 Å². The molecule has 2 aromatic heterocycles. The van der Waals surface area contributed by atoms with Gasteiger partial charge in [-0.05, 0) is 12.1 Å². The molecule has 7 nitrogen and oxygen atoms in total. The van der Waals surface area contributed by atoms with E-state index in [9.17, 15) is 4.79 Å². The lowest BCUT2D eigenvalue weighted by Crippen LogP contribution is -2.38. The fraction of sp³-hybridized carbons (Fsp3) is 0.250. The van der Waals surface area contributed by atoms with Gasteiger partial charge in [0.15, 0.2) is 5.65 Å². The summed E-state index contributed by atoms with van der Waals surface area (Å²) in [4.78, 5) is 26.2. The van der Waals surface area contributed by atoms with E-state index in [-0.39, 0.29) is 5.56 Å². The molecule has 0 aliphatic carbocycles. The van der Waals surface area contributed by atoms with Gasteiger partial charge in [0.25, 0.3) is 5.56 Å². The van der Waals surface area contributed by atoms with Crippen LogP contribution in [0.4, 0.5) is 5.95 Å². The molecular formula is C16H15N5O2S. The highest BCUT2D eigenvalue weighted by Gasteiger charge is 2.16. The van der Waals surface area contributed by atoms with Crippen molar-refractivity contribution in [1.82, 2.24) is 19.5 Å². The van der Waals surface area contributed by atoms with Crippen molar-refractivity contribution in [2.24, 2.45) is 0 Å². The quantitative estimate of drug-likeness (QED) is 0.715. The van der Waals surface area contributed by atoms with E-state index in [1.807, 2.05) is 35.2 Å². The third-order valence-electron chi connectivity index (χ3n) is 3.96. The number of morpholine rings is 1. The van der Waals surface area contributed by atoms with Crippen molar-refractivity contribution >= 4 is 29.2 Å². The Morgan fingerprint density at radius 1 is 1.17 bits per heavy atom. The molecule has 122 valence electrons. The summed E-state index contributed by atoms with van der Waals surface area (Å²) in [5.74, 6) is 0.509. The Bertz CT molecular complexity index is 993. The van der Waals surface area contributed by atoms with Crippen molar-refractivity contribution in [3.05, 3.63) is 51.7 Å². The van der Waals surface area contributed by atoms with E-state index in [1.165, 1.54) is 0 Å². The minimum atomic E-state index is -0.274. The van der Waals surface area contributed by atoms with Crippen LogP contribution in [-0.4, -0.2) is 45.8 Å². The first-order valence-corrected chi connectivity index (χ1v) is 8.05. The van der Waals surface area contributed by atoms with Gasteiger partial charge in [0.2, 0.25) is 5.95 Å². The van der Waals surface area contributed by atoms with Crippen molar-refractivity contribution in [2.45, 2.75) is 0 Å². The third kappa shape index (κ3) is 2.59. The summed E-state index contributed by atoms with van der Waals surface area (Å²) in [6.07, 6.45) is 1.61. The zero-order valence-electron chi connectivity index (χ0n) is 12.8. The number of fused-ring (bicyclic) bond motifs is 1. The molecule has 0 amide bonds. The van der Waals surface area contributed by atoms with Gasteiger partial charge in [-0.1, -0.05) is 30.4 Å². The zero-order chi connectivity index (χ0) is 16.5. The lowest BCUT2D eigenvalue weighted by Gasteiger charge is -2.27. The van der Waals surface area contributed by atoms with E-state index in [2.05, 4.69) is 15.0 Å². The van der Waals surface area contributed by atoms with Crippen LogP contribution in [-0.2, 0) is 4.74 Å². The number of H-pyrrole nitrogens is 1. The second-order valence-corrected chi connectivity index (χ2v) is 5.83. The molecule has 4 rings (SSSR count). The molecule has 3 heterocycles. The summed E-state index contributed by atoms with van der Waals surface area (Å²) in [6, 6.07) is 9.56. The van der Waals surface area contributed by atoms with Crippen molar-refractivity contribution in [3.63, 3.8) is 0 Å². The molecular weight excluding hydrogens is 326 g/mol. The maximum atomic E-state index is 12.6. The Morgan fingerprint density at radius 3 is 2.67 bits per heavy atom. The molecule has 1 N–H and O–H groups in total. The second-order valence-electron chi connectivity index (χ2n) is 5.44. The van der Waals surface area contributed by atoms with E-state index in [0.717, 1.165) is 5.69 Å². The normalized spacial score (nSPS) is 14.9. The number of ether oxygens (including phenoxy) is 1. The van der Waals surface area contributed by atoms with E-state index < -0.39 is 0 Å². The SMILES string of the molecule is O=c1[nH]c(N2CCOCC2)nc2ncn(-c3ccccc3)c(=S)c12. The predicted octanol–water partition coefficient (Wildman–Crippen LogP) is 1.67. The first-order chi connectivity index (χ1) is 11.7. The van der Waals surface area contributed by atoms with Gasteiger partial charge in [0.05, 0.1) is 13.2 Å². The lowest BCUT2D eigenvalue weighted by atomic mass is 10.3. The first-order valence-electron chi connectivity index (χ1n) is 7.64. The zero-order valence-corrected chi connectivity index (χ0v) is 13.6. The molecule has 0 spiro atoms. The largest absolute Gasteiger partial charge is 0.378 e. The van der Waals surface area contributed by atoms with Crippen LogP contribution in [0.15, 0.2) is 41.5 Å². The van der Waals surface area contributed by atoms with Gasteiger partial charge in [0, 0.05) is 18.8 Å². The smallest absolute Gasteiger partial charge is 0.264 e. The summed E-state index contributed by atoms with van der Waals surface area (Å²) >= 11 is 5.49. The minimum Gasteiger partial charge on any atom is -0.378 e. The maximum Gasteiger partial charge on any atom is 0.264 e. The van der Waals surface area contributed by atoms with Gasteiger partial charge in [-0.2, -0.15) is 4.98 Å². The van der Waals surface area contributed by atoms with Crippen LogP contribution in [0.2, 0.25) is 0 Å². The molecule has 3 aromatic rings. The van der Waals surface area contributed by atoms with Gasteiger partial charge in [-0.15, -0.1) is 0 Å². The lowest BCUT2D eigenvalue weighted by molar-refractivity contribution is 0.122. The summed E-state index contributed by atoms with van der Waals surface area (Å²) in [6.45, 7) is 2.60. The van der Waals surface area contributed by atoms with E-state index in [1.54, 1.807) is 10.9 Å². The average Bonchev–Trinajstić information content (AvgIpc) is 2.63. The van der Waals surface area contributed by atoms with Gasteiger partial charge < -0.3 is 9.64 Å². The Kier molecular flexibility index (Phi) is 3.83. The van der Waals surface area contributed by atoms with Gasteiger partial charge in [-0.25, -0.2) is 4.98 Å². The molecule has 0 unspecified atom stereocenters. The number of aromatic nitrogens is 4. The molecule has 0 radical (unpaired) electrons. The topological polar surface area (TPSA) is 76.0 Å². The summed E-state index contributed by atoms with van der Waals surface area (Å²) in [7, 11) is 0. The molecule has 0 saturated carbocycles. The summed E-state index contributed by atoms with van der Waals surface area (Å²) in [5.41, 5.74) is 0.940. The molecule has 1 aliphatic heterocycles. The van der Waals surface area contributed by atoms with Crippen LogP contribution in [0.5, 0.6) is 0 Å². The number of benzene rings is 1. The molecule has 24 heavy (non-hydrogen) atoms. The van der Waals surface area contributed by atoms with Crippen LogP contribution in [0.25, 0.3) is 16.7 Å². The Balaban J connectivity index is 1.86. The van der Waals surface area contributed by atoms with E-state index in [0.29, 0.717) is 47.9 Å². The Morgan fingerprint density at radius 2 is 1.92 bits per heavy atom. The first kappa shape index (κ1) is 15.0. The molecule has 1 aliphatic rings. The van der Waals surface area contributed by atoms with Crippen molar-refractivity contribution in [3.8, 4) is 5.69 Å². The van der Waals surface area contributed by atoms with Gasteiger partial charge >= 0.3 is 0 Å². The summed E-state index contributed by atoms with van der Waals surface area (Å²) < 4.78 is 7.43. The number of nitrogens with zero attached hydrogens (tertiary/aromatic N) is 4. The molecule has 0 atom stereocenters. The molecule has 1 aromatic carbocycles. The number of rotatable bonds is 2. The van der Waals surface area contributed by atoms with E-state index in [4.69, 9.17) is 17.0 Å². The average molecular weight is 341 g/mol. The van der Waals surface area contributed by atoms with Crippen LogP contribution in [0.1, 0.15) is 0 Å². The van der Waals surface area contributed by atoms with Gasteiger partial charge in [0.1, 0.15) is 16.4 Å². The van der Waals surface area contributed by atoms with Crippen LogP contribution in [0, 0.1) is 4.64 Å². The Hall–Kier alpha value is -2.58. The molecule has 1 fully saturated rings. The summed E-state index contributed by atoms with van der Waals surface area (Å²) in [5, 5.41) is 0.327. The number of hydrogen-bond donors (Lipinski definition) is 1. The maximum absolute atomic E-state index is 12.6. The van der Waals surface area contributed by atoms with Crippen LogP contribution >= 0.6 is 12.2 Å². The molecule has 0 bridgehead atoms. The predicted molar refractivity (Wildman–Crippen MR) is 93.4 cm³/mol. The number of para-hydroxylation sites is 1. The van der Waals surface area contributed by atoms with E-state index >= 15 is 0 Å². The van der Waals surface area contributed by atoms with Crippen LogP contribution < -0.4 is 10.5 Å². The number of anilines is 1. The Labute approximate surface area is 142 Å². The molecule has 8 heteroatoms. The fourth-order valence-corrected chi connectivity index (χ4v) is 3.06. The van der Waals surface area contributed by atoms with Crippen molar-refractivity contribution < 1.29 is 4.74 Å². The second kappa shape index (κ2) is 6.14. The number of nitrogens with one attached hydrogen (secondary N) is 1. The molecule has 1 saturated heterocycles. The highest BCUT2D eigenvalue weighted by Crippen LogP contribution is 2.15. The highest BCUT2D eigenvalue weighted by atomic mass is 32.1. The standard InChI is InChI=1S/C16H15N5O2S/c22-14-12-13(18-16(19-14)20-6-8-23-9-7-20)17-10-21(15(12)24)11-4-2-1-3-5-11/h1-5,10H,6-9H2,(H,18,19,22). The highest BCUT2D eigenvalue weighted by molar-refractivity contribution is 7.71. The van der Waals surface area contributed by atoms with Gasteiger partial charge in [-0.3, -0.25) is 14.3 Å². The number of aromatic amines is 1. The third-order valence-corrected chi connectivity index (χ3v) is 4.36. The minimum absolute atomic E-state index is 0.274. The van der Waals surface area contributed by atoms with Crippen LogP contribution in [0.3, 0.4) is 0 Å².